The number of aromatic nitrogens is 1. The van der Waals surface area contributed by atoms with E-state index in [1.54, 1.807) is 17.0 Å². The molecule has 0 aliphatic heterocycles. The lowest BCUT2D eigenvalue weighted by atomic mass is 10.1. The fourth-order valence-electron chi connectivity index (χ4n) is 2.66. The number of amides is 1. The Kier molecular flexibility index (Phi) is 6.01. The molecule has 1 saturated carbocycles. The van der Waals surface area contributed by atoms with Crippen molar-refractivity contribution in [3.8, 4) is 11.5 Å². The number of benzene rings is 1. The number of halogens is 4. The molecule has 0 N–H and O–H groups in total. The van der Waals surface area contributed by atoms with Crippen LogP contribution < -0.4 is 9.47 Å². The van der Waals surface area contributed by atoms with Gasteiger partial charge in [0.1, 0.15) is 10.8 Å². The van der Waals surface area contributed by atoms with Crippen molar-refractivity contribution in [2.24, 2.45) is 0 Å². The van der Waals surface area contributed by atoms with Crippen LogP contribution in [0.4, 0.5) is 8.78 Å². The maximum atomic E-state index is 12.9. The predicted octanol–water partition coefficient (Wildman–Crippen LogP) is 4.80. The van der Waals surface area contributed by atoms with E-state index in [9.17, 15) is 13.6 Å². The summed E-state index contributed by atoms with van der Waals surface area (Å²) in [5.41, 5.74) is 0.785. The van der Waals surface area contributed by atoms with Gasteiger partial charge in [-0.2, -0.15) is 8.78 Å². The van der Waals surface area contributed by atoms with Crippen molar-refractivity contribution in [1.82, 2.24) is 9.88 Å². The Morgan fingerprint density at radius 1 is 1.26 bits per heavy atom. The standard InChI is InChI=1S/C18H16Cl2F2N2O3/c1-26-14-8-10(2-6-13(14)27-18(21)22)9-24(11-3-4-11)17(25)16-12(19)5-7-15(20)23-16/h2,5-8,11,18H,3-4,9H2,1H3. The van der Waals surface area contributed by atoms with E-state index in [1.807, 2.05) is 0 Å². The molecule has 1 aliphatic carbocycles. The summed E-state index contributed by atoms with van der Waals surface area (Å²) in [5.74, 6) is -0.244. The molecule has 0 saturated heterocycles. The number of rotatable bonds is 7. The quantitative estimate of drug-likeness (QED) is 0.608. The third kappa shape index (κ3) is 4.78. The second-order valence-electron chi connectivity index (χ2n) is 5.99. The first-order chi connectivity index (χ1) is 12.9. The van der Waals surface area contributed by atoms with Crippen LogP contribution in [-0.4, -0.2) is 35.6 Å². The van der Waals surface area contributed by atoms with E-state index in [4.69, 9.17) is 27.9 Å². The molecule has 144 valence electrons. The fraction of sp³-hybridized carbons (Fsp3) is 0.333. The van der Waals surface area contributed by atoms with Crippen LogP contribution in [0.5, 0.6) is 11.5 Å². The van der Waals surface area contributed by atoms with Gasteiger partial charge in [0.25, 0.3) is 5.91 Å². The third-order valence-corrected chi connectivity index (χ3v) is 4.58. The van der Waals surface area contributed by atoms with Crippen LogP contribution in [0, 0.1) is 0 Å². The summed E-state index contributed by atoms with van der Waals surface area (Å²) in [6.07, 6.45) is 1.74. The lowest BCUT2D eigenvalue weighted by Crippen LogP contribution is -2.33. The van der Waals surface area contributed by atoms with Crippen LogP contribution in [0.3, 0.4) is 0 Å². The van der Waals surface area contributed by atoms with Crippen LogP contribution in [0.15, 0.2) is 30.3 Å². The number of carbonyl (C=O) groups excluding carboxylic acids is 1. The molecule has 27 heavy (non-hydrogen) atoms. The van der Waals surface area contributed by atoms with Crippen LogP contribution in [0.2, 0.25) is 10.2 Å². The SMILES string of the molecule is COc1cc(CN(C(=O)c2nc(Cl)ccc2Cl)C2CC2)ccc1OC(F)F. The van der Waals surface area contributed by atoms with E-state index < -0.39 is 6.61 Å². The molecule has 5 nitrogen and oxygen atoms in total. The van der Waals surface area contributed by atoms with Crippen LogP contribution in [0.1, 0.15) is 28.9 Å². The molecule has 9 heteroatoms. The summed E-state index contributed by atoms with van der Waals surface area (Å²) in [4.78, 5) is 18.6. The molecule has 0 atom stereocenters. The average molecular weight is 417 g/mol. The molecule has 0 spiro atoms. The first kappa shape index (κ1) is 19.6. The van der Waals surface area contributed by atoms with Crippen LogP contribution in [0.25, 0.3) is 0 Å². The lowest BCUT2D eigenvalue weighted by molar-refractivity contribution is -0.0512. The van der Waals surface area contributed by atoms with Gasteiger partial charge < -0.3 is 14.4 Å². The van der Waals surface area contributed by atoms with E-state index in [0.717, 1.165) is 12.8 Å². The molecule has 1 heterocycles. The highest BCUT2D eigenvalue weighted by Crippen LogP contribution is 2.34. The van der Waals surface area contributed by atoms with E-state index in [1.165, 1.54) is 25.3 Å². The Balaban J connectivity index is 1.85. The van der Waals surface area contributed by atoms with Gasteiger partial charge in [-0.05, 0) is 42.7 Å². The third-order valence-electron chi connectivity index (χ3n) is 4.06. The molecule has 1 aliphatic rings. The molecular formula is C18H16Cl2F2N2O3. The lowest BCUT2D eigenvalue weighted by Gasteiger charge is -2.23. The van der Waals surface area contributed by atoms with Crippen molar-refractivity contribution in [3.05, 3.63) is 51.8 Å². The molecule has 1 fully saturated rings. The van der Waals surface area contributed by atoms with Crippen molar-refractivity contribution in [1.29, 1.82) is 0 Å². The zero-order valence-electron chi connectivity index (χ0n) is 14.3. The van der Waals surface area contributed by atoms with E-state index in [2.05, 4.69) is 9.72 Å². The minimum absolute atomic E-state index is 0.0670. The number of carbonyl (C=O) groups is 1. The van der Waals surface area contributed by atoms with Gasteiger partial charge in [-0.15, -0.1) is 0 Å². The first-order valence-electron chi connectivity index (χ1n) is 8.13. The largest absolute Gasteiger partial charge is 0.493 e. The van der Waals surface area contributed by atoms with Crippen molar-refractivity contribution in [2.75, 3.05) is 7.11 Å². The monoisotopic (exact) mass is 416 g/mol. The van der Waals surface area contributed by atoms with Gasteiger partial charge >= 0.3 is 6.61 Å². The highest BCUT2D eigenvalue weighted by atomic mass is 35.5. The first-order valence-corrected chi connectivity index (χ1v) is 8.89. The minimum atomic E-state index is -2.95. The van der Waals surface area contributed by atoms with Crippen molar-refractivity contribution < 1.29 is 23.0 Å². The topological polar surface area (TPSA) is 51.7 Å². The Labute approximate surface area is 164 Å². The molecular weight excluding hydrogens is 401 g/mol. The Bertz CT molecular complexity index is 847. The highest BCUT2D eigenvalue weighted by Gasteiger charge is 2.34. The number of alkyl halides is 2. The van der Waals surface area contributed by atoms with Gasteiger partial charge in [0.05, 0.1) is 12.1 Å². The van der Waals surface area contributed by atoms with Gasteiger partial charge in [0, 0.05) is 12.6 Å². The van der Waals surface area contributed by atoms with E-state index in [-0.39, 0.29) is 45.9 Å². The van der Waals surface area contributed by atoms with Gasteiger partial charge in [-0.1, -0.05) is 29.3 Å². The number of nitrogens with zero attached hydrogens (tertiary/aromatic N) is 2. The zero-order chi connectivity index (χ0) is 19.6. The highest BCUT2D eigenvalue weighted by molar-refractivity contribution is 6.34. The second-order valence-corrected chi connectivity index (χ2v) is 6.79. The number of ether oxygens (including phenoxy) is 2. The van der Waals surface area contributed by atoms with Gasteiger partial charge in [-0.25, -0.2) is 4.98 Å². The normalized spacial score (nSPS) is 13.6. The molecule has 1 aromatic heterocycles. The number of hydrogen-bond acceptors (Lipinski definition) is 4. The Hall–Kier alpha value is -2.12. The summed E-state index contributed by atoms with van der Waals surface area (Å²) in [5, 5.41) is 0.391. The number of pyridine rings is 1. The molecule has 0 unspecified atom stereocenters. The van der Waals surface area contributed by atoms with Crippen molar-refractivity contribution in [3.63, 3.8) is 0 Å². The molecule has 1 aromatic carbocycles. The fourth-order valence-corrected chi connectivity index (χ4v) is 2.99. The average Bonchev–Trinajstić information content (AvgIpc) is 3.46. The Morgan fingerprint density at radius 2 is 2.00 bits per heavy atom. The van der Waals surface area contributed by atoms with E-state index in [0.29, 0.717) is 5.56 Å². The summed E-state index contributed by atoms with van der Waals surface area (Å²) in [7, 11) is 1.36. The zero-order valence-corrected chi connectivity index (χ0v) is 15.8. The summed E-state index contributed by atoms with van der Waals surface area (Å²) in [6.45, 7) is -2.70. The smallest absolute Gasteiger partial charge is 0.387 e. The summed E-state index contributed by atoms with van der Waals surface area (Å²) < 4.78 is 34.5. The molecule has 3 rings (SSSR count). The number of methoxy groups -OCH3 is 1. The van der Waals surface area contributed by atoms with E-state index >= 15 is 0 Å². The van der Waals surface area contributed by atoms with Gasteiger partial charge in [0.2, 0.25) is 0 Å². The van der Waals surface area contributed by atoms with Gasteiger partial charge in [0.15, 0.2) is 11.5 Å². The van der Waals surface area contributed by atoms with Crippen LogP contribution >= 0.6 is 23.2 Å². The second kappa shape index (κ2) is 8.27. The minimum Gasteiger partial charge on any atom is -0.493 e. The molecule has 1 amide bonds. The molecule has 0 radical (unpaired) electrons. The molecule has 0 bridgehead atoms. The maximum Gasteiger partial charge on any atom is 0.387 e. The maximum absolute atomic E-state index is 12.9. The molecule has 2 aromatic rings. The number of hydrogen-bond donors (Lipinski definition) is 0. The van der Waals surface area contributed by atoms with Gasteiger partial charge in [-0.3, -0.25) is 4.79 Å². The van der Waals surface area contributed by atoms with Crippen molar-refractivity contribution in [2.45, 2.75) is 32.0 Å². The summed E-state index contributed by atoms with van der Waals surface area (Å²) >= 11 is 12.0. The van der Waals surface area contributed by atoms with Crippen LogP contribution in [-0.2, 0) is 6.54 Å². The van der Waals surface area contributed by atoms with Crippen molar-refractivity contribution >= 4 is 29.1 Å². The summed E-state index contributed by atoms with van der Waals surface area (Å²) in [6, 6.07) is 7.66. The predicted molar refractivity (Wildman–Crippen MR) is 96.8 cm³/mol. The Morgan fingerprint density at radius 3 is 2.63 bits per heavy atom.